The summed E-state index contributed by atoms with van der Waals surface area (Å²) in [7, 11) is 0. The number of ether oxygens (including phenoxy) is 1. The molecular weight excluding hydrogens is 388 g/mol. The Morgan fingerprint density at radius 2 is 1.69 bits per heavy atom. The number of anilines is 2. The zero-order valence-electron chi connectivity index (χ0n) is 15.5. The highest BCUT2D eigenvalue weighted by Gasteiger charge is 2.19. The van der Waals surface area contributed by atoms with E-state index < -0.39 is 0 Å². The fourth-order valence-electron chi connectivity index (χ4n) is 2.74. The number of hydrogen-bond donors (Lipinski definition) is 3. The van der Waals surface area contributed by atoms with Crippen LogP contribution in [0.25, 0.3) is 11.2 Å². The molecule has 4 rings (SSSR count). The highest BCUT2D eigenvalue weighted by atomic mass is 32.2. The van der Waals surface area contributed by atoms with Crippen molar-refractivity contribution in [2.75, 3.05) is 11.5 Å². The van der Waals surface area contributed by atoms with Crippen LogP contribution in [0.2, 0.25) is 0 Å². The van der Waals surface area contributed by atoms with Crippen molar-refractivity contribution in [2.24, 2.45) is 0 Å². The van der Waals surface area contributed by atoms with Gasteiger partial charge in [-0.05, 0) is 43.3 Å². The molecule has 0 aliphatic rings. The van der Waals surface area contributed by atoms with Gasteiger partial charge in [0, 0.05) is 5.56 Å². The summed E-state index contributed by atoms with van der Waals surface area (Å²) in [6.07, 6.45) is 0. The van der Waals surface area contributed by atoms with E-state index in [-0.39, 0.29) is 22.8 Å². The van der Waals surface area contributed by atoms with E-state index in [1.807, 2.05) is 37.3 Å². The summed E-state index contributed by atoms with van der Waals surface area (Å²) in [5, 5.41) is 0.152. The Morgan fingerprint density at radius 3 is 2.41 bits per heavy atom. The van der Waals surface area contributed by atoms with E-state index in [1.54, 1.807) is 24.3 Å². The molecule has 29 heavy (non-hydrogen) atoms. The van der Waals surface area contributed by atoms with E-state index in [2.05, 4.69) is 19.9 Å². The van der Waals surface area contributed by atoms with Gasteiger partial charge in [0.05, 0.1) is 5.25 Å². The van der Waals surface area contributed by atoms with Gasteiger partial charge in [-0.2, -0.15) is 9.97 Å². The van der Waals surface area contributed by atoms with Crippen LogP contribution >= 0.6 is 11.8 Å². The summed E-state index contributed by atoms with van der Waals surface area (Å²) in [5.74, 6) is 1.65. The molecule has 8 nitrogen and oxygen atoms in total. The lowest BCUT2D eigenvalue weighted by Crippen LogP contribution is -2.13. The van der Waals surface area contributed by atoms with Crippen molar-refractivity contribution in [1.82, 2.24) is 19.9 Å². The lowest BCUT2D eigenvalue weighted by Gasteiger charge is -2.10. The quantitative estimate of drug-likeness (QED) is 0.326. The van der Waals surface area contributed by atoms with E-state index >= 15 is 0 Å². The zero-order chi connectivity index (χ0) is 20.4. The maximum absolute atomic E-state index is 12.8. The molecule has 0 saturated heterocycles. The Kier molecular flexibility index (Phi) is 5.05. The Morgan fingerprint density at radius 1 is 1.00 bits per heavy atom. The topological polar surface area (TPSA) is 133 Å². The fraction of sp³-hybridized carbons (Fsp3) is 0.100. The molecule has 2 heterocycles. The number of nitrogens with one attached hydrogen (secondary N) is 1. The third-order valence-corrected chi connectivity index (χ3v) is 5.13. The molecule has 0 bridgehead atoms. The number of hydrogen-bond acceptors (Lipinski definition) is 8. The standard InChI is InChI=1S/C20H18N6O2S/c1-11(29-20-23-15-17(21)24-19(22)25-18(15)26-20)16(27)12-7-9-14(10-8-12)28-13-5-3-2-4-6-13/h2-11H,1H3,(H5,21,22,23,24,25,26). The predicted molar refractivity (Wildman–Crippen MR) is 113 cm³/mol. The summed E-state index contributed by atoms with van der Waals surface area (Å²) in [5.41, 5.74) is 12.9. The summed E-state index contributed by atoms with van der Waals surface area (Å²) in [6.45, 7) is 1.82. The van der Waals surface area contributed by atoms with E-state index in [4.69, 9.17) is 16.2 Å². The van der Waals surface area contributed by atoms with Crippen LogP contribution in [0.15, 0.2) is 59.8 Å². The first-order chi connectivity index (χ1) is 14.0. The van der Waals surface area contributed by atoms with Crippen molar-refractivity contribution >= 4 is 40.5 Å². The molecule has 4 aromatic rings. The summed E-state index contributed by atoms with van der Waals surface area (Å²) >= 11 is 1.28. The number of fused-ring (bicyclic) bond motifs is 1. The van der Waals surface area contributed by atoms with Gasteiger partial charge in [-0.15, -0.1) is 0 Å². The van der Waals surface area contributed by atoms with Crippen molar-refractivity contribution in [1.29, 1.82) is 0 Å². The molecule has 1 unspecified atom stereocenters. The summed E-state index contributed by atoms with van der Waals surface area (Å²) in [4.78, 5) is 28.1. The number of aromatic amines is 1. The number of ketones is 1. The number of carbonyl (C=O) groups is 1. The minimum absolute atomic E-state index is 0.0275. The number of rotatable bonds is 6. The van der Waals surface area contributed by atoms with Gasteiger partial charge in [-0.1, -0.05) is 30.0 Å². The van der Waals surface area contributed by atoms with E-state index in [0.717, 1.165) is 5.75 Å². The van der Waals surface area contributed by atoms with Crippen LogP contribution < -0.4 is 16.2 Å². The van der Waals surface area contributed by atoms with Crippen LogP contribution in [0, 0.1) is 0 Å². The van der Waals surface area contributed by atoms with Crippen LogP contribution in [-0.4, -0.2) is 31.0 Å². The van der Waals surface area contributed by atoms with Crippen molar-refractivity contribution in [2.45, 2.75) is 17.3 Å². The van der Waals surface area contributed by atoms with Gasteiger partial charge < -0.3 is 21.2 Å². The first-order valence-corrected chi connectivity index (χ1v) is 9.70. The van der Waals surface area contributed by atoms with Gasteiger partial charge in [-0.25, -0.2) is 4.98 Å². The molecule has 1 atom stereocenters. The summed E-state index contributed by atoms with van der Waals surface area (Å²) in [6, 6.07) is 16.5. The van der Waals surface area contributed by atoms with Gasteiger partial charge in [0.25, 0.3) is 0 Å². The number of nitrogens with two attached hydrogens (primary N) is 2. The maximum Gasteiger partial charge on any atom is 0.224 e. The Labute approximate surface area is 170 Å². The van der Waals surface area contributed by atoms with Crippen LogP contribution in [0.4, 0.5) is 11.8 Å². The summed E-state index contributed by atoms with van der Waals surface area (Å²) < 4.78 is 5.76. The van der Waals surface area contributed by atoms with Crippen molar-refractivity contribution in [3.05, 3.63) is 60.2 Å². The smallest absolute Gasteiger partial charge is 0.224 e. The number of Topliss-reactive ketones (excluding diaryl/α,β-unsaturated/α-hetero) is 1. The average molecular weight is 406 g/mol. The van der Waals surface area contributed by atoms with Crippen molar-refractivity contribution in [3.63, 3.8) is 0 Å². The fourth-order valence-corrected chi connectivity index (χ4v) is 3.62. The molecule has 0 spiro atoms. The number of aromatic nitrogens is 4. The molecule has 2 aromatic heterocycles. The molecule has 5 N–H and O–H groups in total. The van der Waals surface area contributed by atoms with Gasteiger partial charge in [-0.3, -0.25) is 4.79 Å². The number of nitrogen functional groups attached to an aromatic ring is 2. The molecule has 0 fully saturated rings. The number of para-hydroxylation sites is 1. The van der Waals surface area contributed by atoms with Gasteiger partial charge in [0.1, 0.15) is 17.0 Å². The minimum atomic E-state index is -0.372. The van der Waals surface area contributed by atoms with Crippen LogP contribution in [-0.2, 0) is 0 Å². The minimum Gasteiger partial charge on any atom is -0.457 e. The molecular formula is C20H18N6O2S. The number of H-pyrrole nitrogens is 1. The van der Waals surface area contributed by atoms with Crippen molar-refractivity contribution < 1.29 is 9.53 Å². The average Bonchev–Trinajstić information content (AvgIpc) is 3.11. The first-order valence-electron chi connectivity index (χ1n) is 8.82. The second kappa shape index (κ2) is 7.80. The van der Waals surface area contributed by atoms with E-state index in [0.29, 0.717) is 27.6 Å². The second-order valence-electron chi connectivity index (χ2n) is 6.27. The molecule has 0 amide bonds. The number of nitrogens with zero attached hydrogens (tertiary/aromatic N) is 3. The largest absolute Gasteiger partial charge is 0.457 e. The van der Waals surface area contributed by atoms with Crippen LogP contribution in [0.5, 0.6) is 11.5 Å². The van der Waals surface area contributed by atoms with E-state index in [1.165, 1.54) is 11.8 Å². The third-order valence-electron chi connectivity index (χ3n) is 4.15. The first kappa shape index (κ1) is 18.8. The number of thioether (sulfide) groups is 1. The van der Waals surface area contributed by atoms with Gasteiger partial charge >= 0.3 is 0 Å². The van der Waals surface area contributed by atoms with Gasteiger partial charge in [0.2, 0.25) is 5.95 Å². The predicted octanol–water partition coefficient (Wildman–Crippen LogP) is 3.67. The normalized spacial score (nSPS) is 12.0. The molecule has 0 radical (unpaired) electrons. The lowest BCUT2D eigenvalue weighted by atomic mass is 10.1. The zero-order valence-corrected chi connectivity index (χ0v) is 16.3. The van der Waals surface area contributed by atoms with Gasteiger partial charge in [0.15, 0.2) is 22.4 Å². The monoisotopic (exact) mass is 406 g/mol. The third kappa shape index (κ3) is 4.14. The highest BCUT2D eigenvalue weighted by molar-refractivity contribution is 8.00. The SMILES string of the molecule is CC(Sc1nc2nc(N)nc(N)c2[nH]1)C(=O)c1ccc(Oc2ccccc2)cc1. The molecule has 9 heteroatoms. The van der Waals surface area contributed by atoms with Crippen molar-refractivity contribution in [3.8, 4) is 11.5 Å². The Hall–Kier alpha value is -3.59. The lowest BCUT2D eigenvalue weighted by molar-refractivity contribution is 0.0994. The molecule has 0 aliphatic heterocycles. The van der Waals surface area contributed by atoms with Crippen LogP contribution in [0.3, 0.4) is 0 Å². The molecule has 146 valence electrons. The number of imidazole rings is 1. The van der Waals surface area contributed by atoms with Crippen LogP contribution in [0.1, 0.15) is 17.3 Å². The second-order valence-corrected chi connectivity index (χ2v) is 7.60. The number of carbonyl (C=O) groups excluding carboxylic acids is 1. The molecule has 0 saturated carbocycles. The number of benzene rings is 2. The Bertz CT molecular complexity index is 1160. The Balaban J connectivity index is 1.45. The molecule has 0 aliphatic carbocycles. The van der Waals surface area contributed by atoms with E-state index in [9.17, 15) is 4.79 Å². The highest BCUT2D eigenvalue weighted by Crippen LogP contribution is 2.28. The maximum atomic E-state index is 12.8. The molecule has 2 aromatic carbocycles.